The van der Waals surface area contributed by atoms with Crippen LogP contribution >= 0.6 is 0 Å². The molecule has 100 valence electrons. The van der Waals surface area contributed by atoms with Gasteiger partial charge in [-0.1, -0.05) is 0 Å². The van der Waals surface area contributed by atoms with Crippen molar-refractivity contribution in [2.45, 2.75) is 6.92 Å². The fourth-order valence-electron chi connectivity index (χ4n) is 1.50. The minimum Gasteiger partial charge on any atom is -0.462 e. The fraction of sp³-hybridized carbons (Fsp3) is 0.133. The van der Waals surface area contributed by atoms with Crippen LogP contribution < -0.4 is 4.74 Å². The van der Waals surface area contributed by atoms with E-state index in [9.17, 15) is 4.79 Å². The van der Waals surface area contributed by atoms with Crippen LogP contribution in [0.25, 0.3) is 0 Å². The Hall–Kier alpha value is -2.87. The fourth-order valence-corrected chi connectivity index (χ4v) is 1.50. The first-order chi connectivity index (χ1) is 9.72. The number of rotatable bonds is 4. The molecule has 2 aromatic rings. The largest absolute Gasteiger partial charge is 0.462 e. The molecule has 0 saturated heterocycles. The number of hydrogen-bond donors (Lipinski definition) is 0. The highest BCUT2D eigenvalue weighted by Crippen LogP contribution is 2.20. The monoisotopic (exact) mass is 268 g/mol. The van der Waals surface area contributed by atoms with Gasteiger partial charge in [0.2, 0.25) is 5.88 Å². The second-order valence-corrected chi connectivity index (χ2v) is 3.84. The van der Waals surface area contributed by atoms with E-state index in [1.807, 2.05) is 6.07 Å². The Kier molecular flexibility index (Phi) is 4.30. The zero-order valence-electron chi connectivity index (χ0n) is 10.9. The van der Waals surface area contributed by atoms with Gasteiger partial charge in [-0.15, -0.1) is 0 Å². The molecule has 0 aliphatic carbocycles. The molecule has 0 saturated carbocycles. The number of ether oxygens (including phenoxy) is 2. The van der Waals surface area contributed by atoms with Crippen LogP contribution in [0.2, 0.25) is 0 Å². The highest BCUT2D eigenvalue weighted by atomic mass is 16.5. The van der Waals surface area contributed by atoms with Crippen molar-refractivity contribution in [3.05, 3.63) is 53.7 Å². The van der Waals surface area contributed by atoms with Gasteiger partial charge in [-0.2, -0.15) is 5.26 Å². The molecule has 0 unspecified atom stereocenters. The second kappa shape index (κ2) is 6.34. The van der Waals surface area contributed by atoms with Crippen LogP contribution in [0.4, 0.5) is 0 Å². The Morgan fingerprint density at radius 3 is 2.55 bits per heavy atom. The van der Waals surface area contributed by atoms with E-state index in [1.54, 1.807) is 43.3 Å². The summed E-state index contributed by atoms with van der Waals surface area (Å²) in [5.41, 5.74) is 0.932. The first-order valence-corrected chi connectivity index (χ1v) is 6.04. The highest BCUT2D eigenvalue weighted by Gasteiger charge is 2.06. The van der Waals surface area contributed by atoms with Gasteiger partial charge in [0, 0.05) is 12.3 Å². The maximum atomic E-state index is 11.5. The van der Waals surface area contributed by atoms with Crippen molar-refractivity contribution in [2.75, 3.05) is 6.61 Å². The van der Waals surface area contributed by atoms with Crippen molar-refractivity contribution in [3.63, 3.8) is 0 Å². The van der Waals surface area contributed by atoms with Gasteiger partial charge in [0.1, 0.15) is 11.8 Å². The minimum absolute atomic E-state index is 0.340. The number of pyridine rings is 1. The molecule has 1 heterocycles. The summed E-state index contributed by atoms with van der Waals surface area (Å²) in [5, 5.41) is 8.67. The van der Waals surface area contributed by atoms with Crippen LogP contribution in [0, 0.1) is 11.3 Å². The summed E-state index contributed by atoms with van der Waals surface area (Å²) >= 11 is 0. The van der Waals surface area contributed by atoms with E-state index in [0.717, 1.165) is 0 Å². The smallest absolute Gasteiger partial charge is 0.338 e. The zero-order valence-corrected chi connectivity index (χ0v) is 10.9. The predicted molar refractivity (Wildman–Crippen MR) is 71.4 cm³/mol. The number of aromatic nitrogens is 1. The standard InChI is InChI=1S/C15H12N2O3/c1-2-19-15(18)12-4-6-13(7-5-12)20-14-8-3-11(9-16)10-17-14/h3-8,10H,2H2,1H3. The Morgan fingerprint density at radius 2 is 2.00 bits per heavy atom. The second-order valence-electron chi connectivity index (χ2n) is 3.84. The van der Waals surface area contributed by atoms with Gasteiger partial charge in [-0.05, 0) is 37.3 Å². The number of benzene rings is 1. The van der Waals surface area contributed by atoms with Crippen molar-refractivity contribution in [1.82, 2.24) is 4.98 Å². The summed E-state index contributed by atoms with van der Waals surface area (Å²) in [5.74, 6) is 0.568. The number of hydrogen-bond acceptors (Lipinski definition) is 5. The number of carbonyl (C=O) groups excluding carboxylic acids is 1. The third kappa shape index (κ3) is 3.33. The Labute approximate surface area is 116 Å². The Bertz CT molecular complexity index is 628. The molecule has 1 aromatic carbocycles. The van der Waals surface area contributed by atoms with Gasteiger partial charge in [0.15, 0.2) is 0 Å². The first-order valence-electron chi connectivity index (χ1n) is 6.04. The van der Waals surface area contributed by atoms with Gasteiger partial charge >= 0.3 is 5.97 Å². The van der Waals surface area contributed by atoms with Gasteiger partial charge in [-0.3, -0.25) is 0 Å². The van der Waals surface area contributed by atoms with Crippen molar-refractivity contribution >= 4 is 5.97 Å². The summed E-state index contributed by atoms with van der Waals surface area (Å²) in [4.78, 5) is 15.5. The molecule has 0 amide bonds. The van der Waals surface area contributed by atoms with E-state index in [1.165, 1.54) is 6.20 Å². The average molecular weight is 268 g/mol. The molecule has 0 radical (unpaired) electrons. The molecule has 20 heavy (non-hydrogen) atoms. The Morgan fingerprint density at radius 1 is 1.25 bits per heavy atom. The SMILES string of the molecule is CCOC(=O)c1ccc(Oc2ccc(C#N)cn2)cc1. The summed E-state index contributed by atoms with van der Waals surface area (Å²) in [6.07, 6.45) is 1.43. The molecule has 0 aliphatic rings. The Balaban J connectivity index is 2.06. The lowest BCUT2D eigenvalue weighted by Gasteiger charge is -2.05. The van der Waals surface area contributed by atoms with Crippen molar-refractivity contribution in [2.24, 2.45) is 0 Å². The van der Waals surface area contributed by atoms with Crippen molar-refractivity contribution in [1.29, 1.82) is 5.26 Å². The lowest BCUT2D eigenvalue weighted by molar-refractivity contribution is 0.0526. The van der Waals surface area contributed by atoms with Gasteiger partial charge < -0.3 is 9.47 Å². The van der Waals surface area contributed by atoms with Crippen molar-refractivity contribution < 1.29 is 14.3 Å². The van der Waals surface area contributed by atoms with Gasteiger partial charge in [-0.25, -0.2) is 9.78 Å². The summed E-state index contributed by atoms with van der Waals surface area (Å²) in [6, 6.07) is 11.8. The first kappa shape index (κ1) is 13.6. The predicted octanol–water partition coefficient (Wildman–Crippen LogP) is 2.92. The molecule has 0 spiro atoms. The van der Waals surface area contributed by atoms with E-state index in [-0.39, 0.29) is 5.97 Å². The summed E-state index contributed by atoms with van der Waals surface area (Å²) in [7, 11) is 0. The quantitative estimate of drug-likeness (QED) is 0.797. The number of nitrogens with zero attached hydrogens (tertiary/aromatic N) is 2. The van der Waals surface area contributed by atoms with E-state index in [2.05, 4.69) is 4.98 Å². The topological polar surface area (TPSA) is 72.2 Å². The molecule has 5 heteroatoms. The molecular weight excluding hydrogens is 256 g/mol. The molecule has 0 fully saturated rings. The molecule has 2 rings (SSSR count). The molecule has 5 nitrogen and oxygen atoms in total. The molecule has 0 N–H and O–H groups in total. The van der Waals surface area contributed by atoms with Gasteiger partial charge in [0.05, 0.1) is 17.7 Å². The molecule has 0 atom stereocenters. The van der Waals surface area contributed by atoms with E-state index < -0.39 is 0 Å². The van der Waals surface area contributed by atoms with Crippen LogP contribution in [0.1, 0.15) is 22.8 Å². The van der Waals surface area contributed by atoms with E-state index in [4.69, 9.17) is 14.7 Å². The zero-order chi connectivity index (χ0) is 14.4. The third-order valence-corrected chi connectivity index (χ3v) is 2.45. The molecule has 1 aromatic heterocycles. The summed E-state index contributed by atoms with van der Waals surface area (Å²) < 4.78 is 10.4. The lowest BCUT2D eigenvalue weighted by atomic mass is 10.2. The van der Waals surface area contributed by atoms with Crippen LogP contribution in [0.15, 0.2) is 42.6 Å². The number of nitriles is 1. The van der Waals surface area contributed by atoms with Crippen LogP contribution in [0.3, 0.4) is 0 Å². The molecule has 0 bridgehead atoms. The molecule has 0 aliphatic heterocycles. The maximum absolute atomic E-state index is 11.5. The van der Waals surface area contributed by atoms with E-state index in [0.29, 0.717) is 29.4 Å². The lowest BCUT2D eigenvalue weighted by Crippen LogP contribution is -2.04. The normalized spacial score (nSPS) is 9.60. The third-order valence-electron chi connectivity index (χ3n) is 2.45. The van der Waals surface area contributed by atoms with Crippen molar-refractivity contribution in [3.8, 4) is 17.7 Å². The highest BCUT2D eigenvalue weighted by molar-refractivity contribution is 5.89. The average Bonchev–Trinajstić information content (AvgIpc) is 2.49. The summed E-state index contributed by atoms with van der Waals surface area (Å²) in [6.45, 7) is 2.10. The van der Waals surface area contributed by atoms with Crippen LogP contribution in [-0.2, 0) is 4.74 Å². The van der Waals surface area contributed by atoms with Gasteiger partial charge in [0.25, 0.3) is 0 Å². The molecular formula is C15H12N2O3. The maximum Gasteiger partial charge on any atom is 0.338 e. The number of esters is 1. The van der Waals surface area contributed by atoms with Crippen LogP contribution in [0.5, 0.6) is 11.6 Å². The number of carbonyl (C=O) groups is 1. The van der Waals surface area contributed by atoms with Crippen LogP contribution in [-0.4, -0.2) is 17.6 Å². The minimum atomic E-state index is -0.365. The van der Waals surface area contributed by atoms with E-state index >= 15 is 0 Å².